The Bertz CT molecular complexity index is 969. The molecule has 0 aliphatic carbocycles. The summed E-state index contributed by atoms with van der Waals surface area (Å²) in [6, 6.07) is 29.2. The number of aromatic amines is 1. The van der Waals surface area contributed by atoms with Gasteiger partial charge in [0.15, 0.2) is 7.14 Å². The molecular formula is C21H17N2OP. The van der Waals surface area contributed by atoms with E-state index in [1.54, 1.807) is 6.20 Å². The third-order valence-corrected chi connectivity index (χ3v) is 7.32. The Balaban J connectivity index is 1.94. The van der Waals surface area contributed by atoms with Gasteiger partial charge in [0, 0.05) is 27.7 Å². The van der Waals surface area contributed by atoms with Crippen LogP contribution in [0.5, 0.6) is 0 Å². The minimum atomic E-state index is -2.94. The second-order valence-electron chi connectivity index (χ2n) is 5.80. The standard InChI is InChI=1S/C21H17N2OP/c24-25(18-9-3-1-4-10-18,19-11-5-2-6-12-19)20-13-7-8-17(16-20)21-14-15-22-23-21/h1-16H,(H,22,23). The third-order valence-electron chi connectivity index (χ3n) is 4.26. The monoisotopic (exact) mass is 344 g/mol. The van der Waals surface area contributed by atoms with Crippen molar-refractivity contribution in [3.63, 3.8) is 0 Å². The molecule has 0 amide bonds. The first-order chi connectivity index (χ1) is 12.3. The summed E-state index contributed by atoms with van der Waals surface area (Å²) in [5.41, 5.74) is 1.89. The van der Waals surface area contributed by atoms with Crippen LogP contribution in [0.3, 0.4) is 0 Å². The molecule has 0 fully saturated rings. The topological polar surface area (TPSA) is 45.8 Å². The summed E-state index contributed by atoms with van der Waals surface area (Å²) in [7, 11) is -2.94. The number of H-pyrrole nitrogens is 1. The SMILES string of the molecule is O=P(c1ccccc1)(c1ccccc1)c1cccc(-c2ccn[nH]2)c1. The lowest BCUT2D eigenvalue weighted by Gasteiger charge is -2.20. The molecule has 1 N–H and O–H groups in total. The van der Waals surface area contributed by atoms with Crippen LogP contribution in [0.4, 0.5) is 0 Å². The first kappa shape index (κ1) is 15.6. The number of rotatable bonds is 4. The van der Waals surface area contributed by atoms with Crippen LogP contribution in [-0.2, 0) is 4.57 Å². The third kappa shape index (κ3) is 2.84. The van der Waals surface area contributed by atoms with Gasteiger partial charge >= 0.3 is 0 Å². The molecule has 0 aliphatic rings. The van der Waals surface area contributed by atoms with Crippen LogP contribution in [0, 0.1) is 0 Å². The van der Waals surface area contributed by atoms with E-state index in [9.17, 15) is 4.57 Å². The van der Waals surface area contributed by atoms with Gasteiger partial charge in [0.05, 0.1) is 5.69 Å². The molecule has 1 heterocycles. The fraction of sp³-hybridized carbons (Fsp3) is 0. The summed E-state index contributed by atoms with van der Waals surface area (Å²) in [6.07, 6.45) is 1.72. The van der Waals surface area contributed by atoms with Crippen molar-refractivity contribution in [3.05, 3.63) is 97.2 Å². The highest BCUT2D eigenvalue weighted by Crippen LogP contribution is 2.42. The van der Waals surface area contributed by atoms with E-state index < -0.39 is 7.14 Å². The van der Waals surface area contributed by atoms with Gasteiger partial charge in [0.1, 0.15) is 0 Å². The van der Waals surface area contributed by atoms with E-state index in [0.717, 1.165) is 27.2 Å². The summed E-state index contributed by atoms with van der Waals surface area (Å²) < 4.78 is 14.3. The minimum Gasteiger partial charge on any atom is -0.309 e. The van der Waals surface area contributed by atoms with Crippen LogP contribution in [0.25, 0.3) is 11.3 Å². The maximum Gasteiger partial charge on any atom is 0.171 e. The van der Waals surface area contributed by atoms with Crippen molar-refractivity contribution in [2.24, 2.45) is 0 Å². The van der Waals surface area contributed by atoms with Crippen molar-refractivity contribution < 1.29 is 4.57 Å². The van der Waals surface area contributed by atoms with Crippen LogP contribution >= 0.6 is 7.14 Å². The number of hydrogen-bond acceptors (Lipinski definition) is 2. The Hall–Kier alpha value is -2.90. The van der Waals surface area contributed by atoms with Crippen LogP contribution in [0.1, 0.15) is 0 Å². The first-order valence-corrected chi connectivity index (χ1v) is 9.81. The van der Waals surface area contributed by atoms with Gasteiger partial charge in [-0.15, -0.1) is 0 Å². The molecule has 0 unspecified atom stereocenters. The first-order valence-electron chi connectivity index (χ1n) is 8.10. The zero-order valence-corrected chi connectivity index (χ0v) is 14.4. The summed E-state index contributed by atoms with van der Waals surface area (Å²) in [5.74, 6) is 0. The number of nitrogens with zero attached hydrogens (tertiary/aromatic N) is 1. The van der Waals surface area contributed by atoms with Crippen molar-refractivity contribution in [2.45, 2.75) is 0 Å². The Morgan fingerprint density at radius 1 is 0.680 bits per heavy atom. The fourth-order valence-corrected chi connectivity index (χ4v) is 5.70. The van der Waals surface area contributed by atoms with Gasteiger partial charge in [-0.25, -0.2) is 0 Å². The second-order valence-corrected chi connectivity index (χ2v) is 8.57. The summed E-state index contributed by atoms with van der Waals surface area (Å²) in [6.45, 7) is 0. The van der Waals surface area contributed by atoms with Gasteiger partial charge in [-0.3, -0.25) is 5.10 Å². The van der Waals surface area contributed by atoms with Gasteiger partial charge in [0.2, 0.25) is 0 Å². The average molecular weight is 344 g/mol. The highest BCUT2D eigenvalue weighted by Gasteiger charge is 2.29. The molecule has 1 aromatic heterocycles. The Kier molecular flexibility index (Phi) is 4.09. The molecular weight excluding hydrogens is 327 g/mol. The van der Waals surface area contributed by atoms with E-state index in [2.05, 4.69) is 10.2 Å². The van der Waals surface area contributed by atoms with Gasteiger partial charge < -0.3 is 4.57 Å². The lowest BCUT2D eigenvalue weighted by Crippen LogP contribution is -2.25. The maximum absolute atomic E-state index is 14.3. The van der Waals surface area contributed by atoms with Crippen molar-refractivity contribution in [1.82, 2.24) is 10.2 Å². The zero-order valence-electron chi connectivity index (χ0n) is 13.5. The Morgan fingerprint density at radius 3 is 1.84 bits per heavy atom. The van der Waals surface area contributed by atoms with Crippen molar-refractivity contribution >= 4 is 23.1 Å². The van der Waals surface area contributed by atoms with Gasteiger partial charge in [0.25, 0.3) is 0 Å². The number of nitrogens with one attached hydrogen (secondary N) is 1. The average Bonchev–Trinajstić information content (AvgIpc) is 3.24. The molecule has 0 saturated carbocycles. The molecule has 25 heavy (non-hydrogen) atoms. The normalized spacial score (nSPS) is 11.4. The molecule has 122 valence electrons. The van der Waals surface area contributed by atoms with Crippen LogP contribution < -0.4 is 15.9 Å². The molecule has 3 aromatic carbocycles. The molecule has 0 aliphatic heterocycles. The van der Waals surface area contributed by atoms with Crippen LogP contribution in [0.2, 0.25) is 0 Å². The smallest absolute Gasteiger partial charge is 0.171 e. The maximum atomic E-state index is 14.3. The predicted molar refractivity (Wildman–Crippen MR) is 103 cm³/mol. The molecule has 0 radical (unpaired) electrons. The van der Waals surface area contributed by atoms with Crippen molar-refractivity contribution in [3.8, 4) is 11.3 Å². The van der Waals surface area contributed by atoms with E-state index in [4.69, 9.17) is 0 Å². The highest BCUT2D eigenvalue weighted by molar-refractivity contribution is 7.85. The molecule has 3 nitrogen and oxygen atoms in total. The van der Waals surface area contributed by atoms with E-state index in [1.165, 1.54) is 0 Å². The number of benzene rings is 3. The van der Waals surface area contributed by atoms with Crippen molar-refractivity contribution in [1.29, 1.82) is 0 Å². The summed E-state index contributed by atoms with van der Waals surface area (Å²) in [4.78, 5) is 0. The lowest BCUT2D eigenvalue weighted by molar-refractivity contribution is 0.592. The second kappa shape index (κ2) is 6.54. The summed E-state index contributed by atoms with van der Waals surface area (Å²) >= 11 is 0. The molecule has 4 heteroatoms. The predicted octanol–water partition coefficient (Wildman–Crippen LogP) is 3.72. The quantitative estimate of drug-likeness (QED) is 0.574. The molecule has 0 bridgehead atoms. The van der Waals surface area contributed by atoms with E-state index >= 15 is 0 Å². The fourth-order valence-electron chi connectivity index (χ4n) is 3.01. The Labute approximate surface area is 146 Å². The Morgan fingerprint density at radius 2 is 1.28 bits per heavy atom. The van der Waals surface area contributed by atoms with E-state index in [0.29, 0.717) is 0 Å². The zero-order chi connectivity index (χ0) is 17.1. The van der Waals surface area contributed by atoms with Crippen molar-refractivity contribution in [2.75, 3.05) is 0 Å². The van der Waals surface area contributed by atoms with E-state index in [-0.39, 0.29) is 0 Å². The molecule has 0 spiro atoms. The van der Waals surface area contributed by atoms with Gasteiger partial charge in [-0.2, -0.15) is 5.10 Å². The van der Waals surface area contributed by atoms with E-state index in [1.807, 2.05) is 91.0 Å². The largest absolute Gasteiger partial charge is 0.309 e. The minimum absolute atomic E-state index is 0.817. The van der Waals surface area contributed by atoms with Crippen LogP contribution in [-0.4, -0.2) is 10.2 Å². The van der Waals surface area contributed by atoms with Gasteiger partial charge in [-0.05, 0) is 12.1 Å². The number of hydrogen-bond donors (Lipinski definition) is 1. The molecule has 0 atom stereocenters. The highest BCUT2D eigenvalue weighted by atomic mass is 31.2. The molecule has 4 aromatic rings. The molecule has 4 rings (SSSR count). The van der Waals surface area contributed by atoms with Gasteiger partial charge in [-0.1, -0.05) is 78.9 Å². The number of aromatic nitrogens is 2. The summed E-state index contributed by atoms with van der Waals surface area (Å²) in [5, 5.41) is 9.47. The molecule has 0 saturated heterocycles. The van der Waals surface area contributed by atoms with Crippen LogP contribution in [0.15, 0.2) is 97.2 Å². The lowest BCUT2D eigenvalue weighted by atomic mass is 10.2.